The maximum absolute atomic E-state index is 6.36. The molecule has 3 aromatic heterocycles. The summed E-state index contributed by atoms with van der Waals surface area (Å²) in [4.78, 5) is 15.1. The monoisotopic (exact) mass is 581 g/mol. The molecule has 5 heteroatoms. The van der Waals surface area contributed by atoms with Crippen molar-refractivity contribution in [2.75, 3.05) is 0 Å². The summed E-state index contributed by atoms with van der Waals surface area (Å²) in [5.74, 6) is 1.90. The Morgan fingerprint density at radius 2 is 1.09 bits per heavy atom. The molecular formula is C39H23N3OS. The zero-order valence-electron chi connectivity index (χ0n) is 23.4. The number of fused-ring (bicyclic) bond motifs is 6. The molecule has 4 nitrogen and oxygen atoms in total. The summed E-state index contributed by atoms with van der Waals surface area (Å²) < 4.78 is 8.82. The quantitative estimate of drug-likeness (QED) is 0.207. The van der Waals surface area contributed by atoms with Gasteiger partial charge in [-0.1, -0.05) is 103 Å². The number of thiophene rings is 1. The molecule has 3 heterocycles. The van der Waals surface area contributed by atoms with Crippen LogP contribution in [-0.2, 0) is 0 Å². The second-order valence-electron chi connectivity index (χ2n) is 10.8. The Morgan fingerprint density at radius 3 is 1.93 bits per heavy atom. The third-order valence-corrected chi connectivity index (χ3v) is 9.28. The second-order valence-corrected chi connectivity index (χ2v) is 11.9. The lowest BCUT2D eigenvalue weighted by Crippen LogP contribution is -2.00. The summed E-state index contributed by atoms with van der Waals surface area (Å²) in [5, 5.41) is 4.54. The molecule has 0 saturated heterocycles. The number of hydrogen-bond acceptors (Lipinski definition) is 5. The van der Waals surface area contributed by atoms with Crippen LogP contribution in [0.25, 0.3) is 87.4 Å². The van der Waals surface area contributed by atoms with Gasteiger partial charge in [0.05, 0.1) is 0 Å². The number of aromatic nitrogens is 3. The summed E-state index contributed by atoms with van der Waals surface area (Å²) in [5.41, 5.74) is 6.82. The molecule has 206 valence electrons. The minimum Gasteiger partial charge on any atom is -0.456 e. The van der Waals surface area contributed by atoms with Crippen LogP contribution in [0.2, 0.25) is 0 Å². The first-order chi connectivity index (χ1) is 21.8. The molecule has 0 bridgehead atoms. The minimum absolute atomic E-state index is 0.609. The van der Waals surface area contributed by atoms with Crippen LogP contribution in [0.1, 0.15) is 0 Å². The van der Waals surface area contributed by atoms with Gasteiger partial charge < -0.3 is 4.42 Å². The van der Waals surface area contributed by atoms with E-state index in [-0.39, 0.29) is 0 Å². The van der Waals surface area contributed by atoms with Gasteiger partial charge in [-0.3, -0.25) is 0 Å². The van der Waals surface area contributed by atoms with Gasteiger partial charge in [0.2, 0.25) is 0 Å². The van der Waals surface area contributed by atoms with Crippen molar-refractivity contribution in [1.29, 1.82) is 0 Å². The molecule has 0 radical (unpaired) electrons. The van der Waals surface area contributed by atoms with Gasteiger partial charge in [-0.15, -0.1) is 11.3 Å². The average Bonchev–Trinajstić information content (AvgIpc) is 3.66. The van der Waals surface area contributed by atoms with Crippen LogP contribution in [0.3, 0.4) is 0 Å². The van der Waals surface area contributed by atoms with Gasteiger partial charge in [0.1, 0.15) is 11.2 Å². The molecule has 0 atom stereocenters. The SMILES string of the molecule is c1ccc(-c2ccc3oc4cc(-c5nc(-c6ccccc6)nc(-c6cccc7sc8ccccc8c67)n5)ccc4c3c2)cc1. The fourth-order valence-corrected chi connectivity index (χ4v) is 7.16. The predicted octanol–water partition coefficient (Wildman–Crippen LogP) is 10.8. The second kappa shape index (κ2) is 9.97. The molecule has 0 aliphatic carbocycles. The lowest BCUT2D eigenvalue weighted by atomic mass is 10.0. The molecule has 0 amide bonds. The van der Waals surface area contributed by atoms with Crippen LogP contribution >= 0.6 is 11.3 Å². The van der Waals surface area contributed by atoms with E-state index in [1.807, 2.05) is 42.5 Å². The van der Waals surface area contributed by atoms with Crippen LogP contribution in [0.4, 0.5) is 0 Å². The Labute approximate surface area is 256 Å². The van der Waals surface area contributed by atoms with Gasteiger partial charge in [0.15, 0.2) is 17.5 Å². The lowest BCUT2D eigenvalue weighted by molar-refractivity contribution is 0.669. The molecule has 0 N–H and O–H groups in total. The zero-order valence-corrected chi connectivity index (χ0v) is 24.3. The normalized spacial score (nSPS) is 11.6. The van der Waals surface area contributed by atoms with Crippen molar-refractivity contribution < 1.29 is 4.42 Å². The molecule has 0 saturated carbocycles. The number of nitrogens with zero attached hydrogens (tertiary/aromatic N) is 3. The average molecular weight is 582 g/mol. The standard InChI is InChI=1S/C39H23N3OS/c1-3-10-24(11-4-1)26-19-21-32-31(22-26)28-20-18-27(23-33(28)43-32)38-40-37(25-12-5-2-6-13-25)41-39(42-38)30-15-9-17-35-36(30)29-14-7-8-16-34(29)44-35/h1-23H. The van der Waals surface area contributed by atoms with E-state index < -0.39 is 0 Å². The van der Waals surface area contributed by atoms with Crippen molar-refractivity contribution in [2.24, 2.45) is 0 Å². The van der Waals surface area contributed by atoms with E-state index in [9.17, 15) is 0 Å². The molecular weight excluding hydrogens is 559 g/mol. The van der Waals surface area contributed by atoms with Crippen molar-refractivity contribution in [3.63, 3.8) is 0 Å². The summed E-state index contributed by atoms with van der Waals surface area (Å²) in [6.45, 7) is 0. The van der Waals surface area contributed by atoms with Crippen molar-refractivity contribution in [3.05, 3.63) is 140 Å². The van der Waals surface area contributed by atoms with Crippen molar-refractivity contribution in [2.45, 2.75) is 0 Å². The molecule has 6 aromatic carbocycles. The van der Waals surface area contributed by atoms with E-state index in [0.29, 0.717) is 17.5 Å². The van der Waals surface area contributed by atoms with Gasteiger partial charge >= 0.3 is 0 Å². The first-order valence-electron chi connectivity index (χ1n) is 14.5. The molecule has 0 aliphatic rings. The van der Waals surface area contributed by atoms with E-state index in [2.05, 4.69) is 97.1 Å². The molecule has 0 aliphatic heterocycles. The van der Waals surface area contributed by atoms with E-state index >= 15 is 0 Å². The van der Waals surface area contributed by atoms with E-state index in [4.69, 9.17) is 19.4 Å². The molecule has 9 rings (SSSR count). The number of rotatable bonds is 4. The van der Waals surface area contributed by atoms with Gasteiger partial charge in [0.25, 0.3) is 0 Å². The summed E-state index contributed by atoms with van der Waals surface area (Å²) in [6.07, 6.45) is 0. The molecule has 0 spiro atoms. The van der Waals surface area contributed by atoms with Crippen molar-refractivity contribution >= 4 is 53.4 Å². The molecule has 0 fully saturated rings. The fourth-order valence-electron chi connectivity index (χ4n) is 6.03. The molecule has 44 heavy (non-hydrogen) atoms. The van der Waals surface area contributed by atoms with E-state index in [1.54, 1.807) is 11.3 Å². The first-order valence-corrected chi connectivity index (χ1v) is 15.3. The first kappa shape index (κ1) is 24.9. The van der Waals surface area contributed by atoms with Crippen LogP contribution in [0, 0.1) is 0 Å². The lowest BCUT2D eigenvalue weighted by Gasteiger charge is -2.09. The van der Waals surface area contributed by atoms with Crippen LogP contribution in [0.5, 0.6) is 0 Å². The Hall–Kier alpha value is -5.65. The van der Waals surface area contributed by atoms with E-state index in [0.717, 1.165) is 44.2 Å². The third kappa shape index (κ3) is 4.09. The maximum atomic E-state index is 6.36. The highest BCUT2D eigenvalue weighted by atomic mass is 32.1. The Morgan fingerprint density at radius 1 is 0.409 bits per heavy atom. The zero-order chi connectivity index (χ0) is 29.0. The Balaban J connectivity index is 1.23. The topological polar surface area (TPSA) is 51.8 Å². The summed E-state index contributed by atoms with van der Waals surface area (Å²) in [6, 6.07) is 48.0. The highest BCUT2D eigenvalue weighted by molar-refractivity contribution is 7.25. The summed E-state index contributed by atoms with van der Waals surface area (Å²) in [7, 11) is 0. The number of hydrogen-bond donors (Lipinski definition) is 0. The fraction of sp³-hybridized carbons (Fsp3) is 0. The van der Waals surface area contributed by atoms with Gasteiger partial charge in [-0.25, -0.2) is 15.0 Å². The molecule has 9 aromatic rings. The van der Waals surface area contributed by atoms with Crippen LogP contribution < -0.4 is 0 Å². The van der Waals surface area contributed by atoms with Crippen LogP contribution in [0.15, 0.2) is 144 Å². The maximum Gasteiger partial charge on any atom is 0.164 e. The summed E-state index contributed by atoms with van der Waals surface area (Å²) >= 11 is 1.79. The largest absolute Gasteiger partial charge is 0.456 e. The third-order valence-electron chi connectivity index (χ3n) is 8.15. The Bertz CT molecular complexity index is 2500. The van der Waals surface area contributed by atoms with Gasteiger partial charge in [-0.05, 0) is 47.5 Å². The predicted molar refractivity (Wildman–Crippen MR) is 182 cm³/mol. The molecule has 0 unspecified atom stereocenters. The Kier molecular flexibility index (Phi) is 5.64. The smallest absolute Gasteiger partial charge is 0.164 e. The highest BCUT2D eigenvalue weighted by Crippen LogP contribution is 2.40. The van der Waals surface area contributed by atoms with Crippen molar-refractivity contribution in [3.8, 4) is 45.3 Å². The van der Waals surface area contributed by atoms with E-state index in [1.165, 1.54) is 25.7 Å². The number of benzene rings is 6. The van der Waals surface area contributed by atoms with Gasteiger partial charge in [-0.2, -0.15) is 0 Å². The number of furan rings is 1. The minimum atomic E-state index is 0.609. The van der Waals surface area contributed by atoms with Crippen LogP contribution in [-0.4, -0.2) is 15.0 Å². The highest BCUT2D eigenvalue weighted by Gasteiger charge is 2.18. The van der Waals surface area contributed by atoms with Gasteiger partial charge in [0, 0.05) is 47.6 Å². The van der Waals surface area contributed by atoms with Crippen molar-refractivity contribution in [1.82, 2.24) is 15.0 Å².